The molecule has 8 aromatic rings. The van der Waals surface area contributed by atoms with Gasteiger partial charge in [0.2, 0.25) is 0 Å². The minimum Gasteiger partial charge on any atom is -0.207 e. The van der Waals surface area contributed by atoms with Crippen LogP contribution < -0.4 is 21.9 Å². The van der Waals surface area contributed by atoms with Crippen LogP contribution in [-0.2, 0) is 26.3 Å². The molecule has 1 nitrogen and oxygen atoms in total. The number of benzene rings is 8. The van der Waals surface area contributed by atoms with Crippen LogP contribution in [0.1, 0.15) is 22.3 Å². The van der Waals surface area contributed by atoms with E-state index in [2.05, 4.69) is 59.7 Å². The van der Waals surface area contributed by atoms with Gasteiger partial charge in [-0.25, -0.2) is 87.8 Å². The van der Waals surface area contributed by atoms with Crippen molar-refractivity contribution in [2.24, 2.45) is 0 Å². The highest BCUT2D eigenvalue weighted by atomic mass is 32.2. The molecule has 75 heavy (non-hydrogen) atoms. The van der Waals surface area contributed by atoms with Crippen molar-refractivity contribution in [1.29, 1.82) is 0 Å². The molecule has 8 rings (SSSR count). The standard InChI is InChI=1S/C28H23OS.C24BF20/c29-30(28-14-8-3-9-15-28,21-20-24-10-4-1-5-11-24)23-27-18-16-26(17-19-27)22-25-12-6-2-7-13-25;26-5-1(6(27)14(35)21(42)13(5)34)25(2-7(28)15(36)22(43)16(37)8(2)29,3-9(30)17(38)23(44)18(39)10(3)31)4-11(32)19(40)24(45)20(41)12(4)33/h1-19H,22-23H2;/q+1;-1. The Balaban J connectivity index is 0.000000236. The number of halogens is 20. The predicted molar refractivity (Wildman–Crippen MR) is 235 cm³/mol. The molecule has 8 aromatic carbocycles. The topological polar surface area (TPSA) is 17.1 Å². The molecule has 386 valence electrons. The molecule has 0 bridgehead atoms. The Labute approximate surface area is 411 Å². The molecular weight excluding hydrogens is 1060 g/mol. The molecule has 1 unspecified atom stereocenters. The molecule has 0 aliphatic carbocycles. The van der Waals surface area contributed by atoms with E-state index in [1.165, 1.54) is 11.1 Å². The number of hydrogen-bond donors (Lipinski definition) is 0. The summed E-state index contributed by atoms with van der Waals surface area (Å²) in [6.45, 7) is 0. The van der Waals surface area contributed by atoms with Crippen molar-refractivity contribution < 1.29 is 92.0 Å². The van der Waals surface area contributed by atoms with Crippen LogP contribution >= 0.6 is 0 Å². The summed E-state index contributed by atoms with van der Waals surface area (Å²) in [6, 6.07) is 38.1. The van der Waals surface area contributed by atoms with Crippen LogP contribution in [0.4, 0.5) is 87.8 Å². The van der Waals surface area contributed by atoms with Gasteiger partial charge in [-0.05, 0) is 47.7 Å². The lowest BCUT2D eigenvalue weighted by Crippen LogP contribution is -2.81. The van der Waals surface area contributed by atoms with Crippen molar-refractivity contribution in [1.82, 2.24) is 0 Å². The van der Waals surface area contributed by atoms with E-state index in [4.69, 9.17) is 0 Å². The summed E-state index contributed by atoms with van der Waals surface area (Å²) < 4.78 is 308. The van der Waals surface area contributed by atoms with Crippen LogP contribution in [0.2, 0.25) is 0 Å². The van der Waals surface area contributed by atoms with Gasteiger partial charge in [0.1, 0.15) is 52.7 Å². The van der Waals surface area contributed by atoms with Crippen LogP contribution in [-0.4, -0.2) is 6.15 Å². The van der Waals surface area contributed by atoms with Gasteiger partial charge in [-0.2, -0.15) is 0 Å². The molecule has 0 aliphatic heterocycles. The van der Waals surface area contributed by atoms with Crippen molar-refractivity contribution in [3.8, 4) is 11.2 Å². The van der Waals surface area contributed by atoms with Gasteiger partial charge in [-0.15, -0.1) is 21.9 Å². The van der Waals surface area contributed by atoms with Crippen LogP contribution in [0.25, 0.3) is 0 Å². The first-order valence-corrected chi connectivity index (χ1v) is 22.6. The van der Waals surface area contributed by atoms with Crippen molar-refractivity contribution >= 4 is 37.9 Å². The van der Waals surface area contributed by atoms with E-state index in [-0.39, 0.29) is 0 Å². The average Bonchev–Trinajstić information content (AvgIpc) is 3.41. The zero-order valence-electron chi connectivity index (χ0n) is 36.8. The molecule has 0 radical (unpaired) electrons. The Morgan fingerprint density at radius 3 is 0.880 bits per heavy atom. The first-order valence-electron chi connectivity index (χ1n) is 20.9. The first-order chi connectivity index (χ1) is 35.4. The van der Waals surface area contributed by atoms with Crippen LogP contribution in [0, 0.1) is 128 Å². The van der Waals surface area contributed by atoms with Crippen molar-refractivity contribution in [2.45, 2.75) is 17.1 Å². The third-order valence-corrected chi connectivity index (χ3v) is 13.8. The Kier molecular flexibility index (Phi) is 15.8. The van der Waals surface area contributed by atoms with Crippen molar-refractivity contribution in [2.75, 3.05) is 0 Å². The third kappa shape index (κ3) is 9.74. The fraction of sp³-hybridized carbons (Fsp3) is 0.0385. The Morgan fingerprint density at radius 1 is 0.307 bits per heavy atom. The van der Waals surface area contributed by atoms with Gasteiger partial charge < -0.3 is 0 Å². The number of rotatable bonds is 9. The van der Waals surface area contributed by atoms with E-state index in [0.29, 0.717) is 5.75 Å². The quantitative estimate of drug-likeness (QED) is 0.0352. The smallest absolute Gasteiger partial charge is 0.200 e. The van der Waals surface area contributed by atoms with Gasteiger partial charge in [-0.1, -0.05) is 95.2 Å². The van der Waals surface area contributed by atoms with Gasteiger partial charge >= 0.3 is 0 Å². The summed E-state index contributed by atoms with van der Waals surface area (Å²) >= 11 is 0. The maximum Gasteiger partial charge on any atom is 0.200 e. The van der Waals surface area contributed by atoms with E-state index in [1.807, 2.05) is 66.7 Å². The van der Waals surface area contributed by atoms with Gasteiger partial charge in [0.05, 0.1) is 0 Å². The molecule has 23 heteroatoms. The lowest BCUT2D eigenvalue weighted by atomic mass is 9.12. The van der Waals surface area contributed by atoms with Crippen LogP contribution in [0.3, 0.4) is 0 Å². The fourth-order valence-corrected chi connectivity index (χ4v) is 10.1. The summed E-state index contributed by atoms with van der Waals surface area (Å²) in [5.74, 6) is -67.9. The highest BCUT2D eigenvalue weighted by Gasteiger charge is 2.52. The van der Waals surface area contributed by atoms with Gasteiger partial charge in [0.25, 0.3) is 0 Å². The molecule has 0 amide bonds. The highest BCUT2D eigenvalue weighted by molar-refractivity contribution is 8.06. The Hall–Kier alpha value is -7.87. The third-order valence-electron chi connectivity index (χ3n) is 11.6. The summed E-state index contributed by atoms with van der Waals surface area (Å²) in [6.07, 6.45) is -6.33. The second kappa shape index (κ2) is 21.5. The van der Waals surface area contributed by atoms with Crippen molar-refractivity contribution in [3.05, 3.63) is 254 Å². The largest absolute Gasteiger partial charge is 0.207 e. The molecule has 0 aliphatic rings. The van der Waals surface area contributed by atoms with Gasteiger partial charge in [-0.3, -0.25) is 0 Å². The van der Waals surface area contributed by atoms with Gasteiger partial charge in [0.15, 0.2) is 95.6 Å². The Bertz CT molecular complexity index is 3250. The Morgan fingerprint density at radius 2 is 0.560 bits per heavy atom. The second-order valence-corrected chi connectivity index (χ2v) is 18.3. The summed E-state index contributed by atoms with van der Waals surface area (Å²) in [5, 5.41) is 3.11. The molecule has 0 saturated heterocycles. The zero-order valence-corrected chi connectivity index (χ0v) is 37.7. The minimum atomic E-state index is -7.22. The van der Waals surface area contributed by atoms with E-state index >= 15 is 35.1 Å². The SMILES string of the molecule is Fc1c(F)c(F)c([B-](c2c(F)c(F)c(F)c(F)c2F)(c2c(F)c(F)c(F)c(F)c2F)c2c(F)c(F)c(F)c(F)c2F)c(F)c1F.O=[S+](C#Cc1ccccc1)(Cc1ccc(Cc2ccccc2)cc1)c1ccccc1. The average molecular weight is 1090 g/mol. The zero-order chi connectivity index (χ0) is 55.0. The normalized spacial score (nSPS) is 12.2. The van der Waals surface area contributed by atoms with Crippen LogP contribution in [0.5, 0.6) is 0 Å². The lowest BCUT2D eigenvalue weighted by Gasteiger charge is -2.44. The van der Waals surface area contributed by atoms with E-state index in [9.17, 15) is 56.9 Å². The molecule has 0 saturated carbocycles. The molecule has 0 spiro atoms. The molecule has 0 heterocycles. The summed E-state index contributed by atoms with van der Waals surface area (Å²) in [5.41, 5.74) is -9.90. The van der Waals surface area contributed by atoms with Crippen LogP contribution in [0.15, 0.2) is 120 Å². The number of hydrogen-bond acceptors (Lipinski definition) is 1. The lowest BCUT2D eigenvalue weighted by molar-refractivity contribution is 0.378. The van der Waals surface area contributed by atoms with E-state index in [0.717, 1.165) is 22.4 Å². The van der Waals surface area contributed by atoms with Crippen molar-refractivity contribution in [3.63, 3.8) is 0 Å². The second-order valence-electron chi connectivity index (χ2n) is 16.0. The van der Waals surface area contributed by atoms with E-state index in [1.54, 1.807) is 0 Å². The highest BCUT2D eigenvalue weighted by Crippen LogP contribution is 2.31. The first kappa shape index (κ1) is 54.9. The predicted octanol–water partition coefficient (Wildman–Crippen LogP) is 12.2. The maximum atomic E-state index is 15.4. The molecule has 1 atom stereocenters. The van der Waals surface area contributed by atoms with Gasteiger partial charge in [0, 0.05) is 11.1 Å². The maximum absolute atomic E-state index is 15.4. The monoisotopic (exact) mass is 1090 g/mol. The molecular formula is C52H23BF20OS. The molecule has 0 fully saturated rings. The summed E-state index contributed by atoms with van der Waals surface area (Å²) in [7, 11) is -2.55. The van der Waals surface area contributed by atoms with E-state index < -0.39 is 154 Å². The summed E-state index contributed by atoms with van der Waals surface area (Å²) in [4.78, 5) is 0.779. The fourth-order valence-electron chi connectivity index (χ4n) is 8.18. The minimum absolute atomic E-state index is 0.405. The molecule has 0 aromatic heterocycles. The molecule has 0 N–H and O–H groups in total.